The van der Waals surface area contributed by atoms with Crippen LogP contribution >= 0.6 is 0 Å². The molecular weight excluding hydrogens is 565 g/mol. The molecule has 41 heavy (non-hydrogen) atoms. The Bertz CT molecular complexity index is 1370. The minimum Gasteiger partial charge on any atom is -0.477 e. The SMILES string of the molecule is CCOC(=O)C(C)S(=O)(=O)Nc1ccc(C(=O)Nc2cccc(OCCC(F)(F)F)n2)c(N2CCC3(CC2)CC3)c1. The van der Waals surface area contributed by atoms with Gasteiger partial charge in [0.25, 0.3) is 5.91 Å². The lowest BCUT2D eigenvalue weighted by atomic mass is 9.93. The molecular formula is C27H33F3N4O6S. The molecule has 4 rings (SSSR count). The second-order valence-electron chi connectivity index (χ2n) is 10.3. The molecule has 1 saturated heterocycles. The summed E-state index contributed by atoms with van der Waals surface area (Å²) < 4.78 is 75.3. The summed E-state index contributed by atoms with van der Waals surface area (Å²) in [5, 5.41) is 1.20. The predicted molar refractivity (Wildman–Crippen MR) is 147 cm³/mol. The van der Waals surface area contributed by atoms with Gasteiger partial charge < -0.3 is 19.7 Å². The molecule has 2 aliphatic rings. The average molecular weight is 599 g/mol. The Balaban J connectivity index is 1.54. The first-order valence-electron chi connectivity index (χ1n) is 13.4. The van der Waals surface area contributed by atoms with E-state index in [-0.39, 0.29) is 29.6 Å². The Kier molecular flexibility index (Phi) is 9.00. The number of ether oxygens (including phenoxy) is 2. The first-order valence-corrected chi connectivity index (χ1v) is 14.9. The van der Waals surface area contributed by atoms with Gasteiger partial charge in [0.05, 0.1) is 36.6 Å². The quantitative estimate of drug-likeness (QED) is 0.355. The zero-order valence-corrected chi connectivity index (χ0v) is 23.6. The molecule has 2 fully saturated rings. The number of alkyl halides is 3. The number of pyridine rings is 1. The number of anilines is 3. The third kappa shape index (κ3) is 8.02. The van der Waals surface area contributed by atoms with E-state index in [9.17, 15) is 31.2 Å². The van der Waals surface area contributed by atoms with Crippen molar-refractivity contribution in [1.29, 1.82) is 0 Å². The van der Waals surface area contributed by atoms with Crippen molar-refractivity contribution in [1.82, 2.24) is 4.98 Å². The third-order valence-electron chi connectivity index (χ3n) is 7.31. The molecule has 1 amide bonds. The summed E-state index contributed by atoms with van der Waals surface area (Å²) in [5.41, 5.74) is 1.28. The largest absolute Gasteiger partial charge is 0.477 e. The number of halogens is 3. The highest BCUT2D eigenvalue weighted by atomic mass is 32.2. The number of amides is 1. The standard InChI is InChI=1S/C27H33F3N4O6S/c1-3-39-25(36)18(2)41(37,38)33-19-7-8-20(21(17-19)34-14-11-26(9-10-26)12-15-34)24(35)32-22-5-4-6-23(31-22)40-16-13-27(28,29)30/h4-8,17-18,33H,3,9-16H2,1-2H3,(H,31,32,35). The first-order chi connectivity index (χ1) is 19.3. The van der Waals surface area contributed by atoms with Gasteiger partial charge in [-0.2, -0.15) is 18.2 Å². The summed E-state index contributed by atoms with van der Waals surface area (Å²) in [6, 6.07) is 8.81. The van der Waals surface area contributed by atoms with Crippen molar-refractivity contribution in [3.63, 3.8) is 0 Å². The van der Waals surface area contributed by atoms with Crippen molar-refractivity contribution < 1.29 is 40.7 Å². The number of nitrogens with zero attached hydrogens (tertiary/aromatic N) is 2. The van der Waals surface area contributed by atoms with Crippen LogP contribution in [0.3, 0.4) is 0 Å². The number of carbonyl (C=O) groups is 2. The summed E-state index contributed by atoms with van der Waals surface area (Å²) in [5.74, 6) is -1.41. The number of sulfonamides is 1. The number of benzene rings is 1. The third-order valence-corrected chi connectivity index (χ3v) is 8.95. The van der Waals surface area contributed by atoms with Crippen LogP contribution in [0.15, 0.2) is 36.4 Å². The molecule has 2 aromatic rings. The lowest BCUT2D eigenvalue weighted by Crippen LogP contribution is -2.36. The van der Waals surface area contributed by atoms with Gasteiger partial charge in [-0.15, -0.1) is 0 Å². The van der Waals surface area contributed by atoms with E-state index in [2.05, 4.69) is 15.0 Å². The van der Waals surface area contributed by atoms with Gasteiger partial charge in [-0.1, -0.05) is 6.07 Å². The Morgan fingerprint density at radius 3 is 2.46 bits per heavy atom. The van der Waals surface area contributed by atoms with Gasteiger partial charge >= 0.3 is 12.1 Å². The summed E-state index contributed by atoms with van der Waals surface area (Å²) in [6.45, 7) is 3.60. The number of carbonyl (C=O) groups excluding carboxylic acids is 2. The maximum atomic E-state index is 13.4. The summed E-state index contributed by atoms with van der Waals surface area (Å²) >= 11 is 0. The van der Waals surface area contributed by atoms with Gasteiger partial charge in [0.1, 0.15) is 5.82 Å². The molecule has 1 aliphatic heterocycles. The van der Waals surface area contributed by atoms with Crippen molar-refractivity contribution in [3.8, 4) is 5.88 Å². The molecule has 1 saturated carbocycles. The van der Waals surface area contributed by atoms with E-state index in [0.29, 0.717) is 24.2 Å². The van der Waals surface area contributed by atoms with Crippen LogP contribution in [0, 0.1) is 5.41 Å². The summed E-state index contributed by atoms with van der Waals surface area (Å²) in [7, 11) is -4.13. The van der Waals surface area contributed by atoms with Crippen molar-refractivity contribution in [2.45, 2.75) is 57.4 Å². The zero-order chi connectivity index (χ0) is 29.8. The lowest BCUT2D eigenvalue weighted by molar-refractivity contribution is -0.142. The maximum absolute atomic E-state index is 13.4. The van der Waals surface area contributed by atoms with Gasteiger partial charge in [-0.25, -0.2) is 8.42 Å². The molecule has 14 heteroatoms. The van der Waals surface area contributed by atoms with E-state index in [4.69, 9.17) is 9.47 Å². The van der Waals surface area contributed by atoms with E-state index in [1.807, 2.05) is 4.90 Å². The first kappa shape index (κ1) is 30.4. The van der Waals surface area contributed by atoms with Gasteiger partial charge in [0, 0.05) is 19.2 Å². The number of aromatic nitrogens is 1. The molecule has 2 heterocycles. The highest BCUT2D eigenvalue weighted by Gasteiger charge is 2.44. The molecule has 1 spiro atoms. The van der Waals surface area contributed by atoms with Crippen LogP contribution in [0.2, 0.25) is 0 Å². The van der Waals surface area contributed by atoms with Crippen LogP contribution in [0.25, 0.3) is 0 Å². The fourth-order valence-electron chi connectivity index (χ4n) is 4.61. The Morgan fingerprint density at radius 2 is 1.83 bits per heavy atom. The van der Waals surface area contributed by atoms with Crippen LogP contribution < -0.4 is 19.7 Å². The minimum atomic E-state index is -4.37. The molecule has 10 nitrogen and oxygen atoms in total. The van der Waals surface area contributed by atoms with E-state index >= 15 is 0 Å². The van der Waals surface area contributed by atoms with Gasteiger partial charge in [0.15, 0.2) is 5.25 Å². The number of hydrogen-bond donors (Lipinski definition) is 2. The Hall–Kier alpha value is -3.55. The molecule has 2 N–H and O–H groups in total. The fraction of sp³-hybridized carbons (Fsp3) is 0.519. The smallest absolute Gasteiger partial charge is 0.392 e. The zero-order valence-electron chi connectivity index (χ0n) is 22.8. The number of esters is 1. The molecule has 0 radical (unpaired) electrons. The highest BCUT2D eigenvalue weighted by Crippen LogP contribution is 2.54. The van der Waals surface area contributed by atoms with E-state index in [1.165, 1.54) is 50.1 Å². The Labute approximate surface area is 236 Å². The molecule has 1 aromatic heterocycles. The van der Waals surface area contributed by atoms with Gasteiger partial charge in [-0.3, -0.25) is 14.3 Å². The molecule has 1 aromatic carbocycles. The average Bonchev–Trinajstić information content (AvgIpc) is 3.66. The van der Waals surface area contributed by atoms with Crippen LogP contribution in [0.1, 0.15) is 56.3 Å². The van der Waals surface area contributed by atoms with E-state index < -0.39 is 46.4 Å². The molecule has 1 unspecified atom stereocenters. The normalized spacial score (nSPS) is 17.0. The summed E-state index contributed by atoms with van der Waals surface area (Å²) in [4.78, 5) is 31.5. The molecule has 1 atom stereocenters. The monoisotopic (exact) mass is 598 g/mol. The Morgan fingerprint density at radius 1 is 1.12 bits per heavy atom. The van der Waals surface area contributed by atoms with Crippen LogP contribution in [0.4, 0.5) is 30.4 Å². The molecule has 1 aliphatic carbocycles. The number of piperidine rings is 1. The minimum absolute atomic E-state index is 0.0422. The van der Waals surface area contributed by atoms with Crippen molar-refractivity contribution in [2.75, 3.05) is 41.2 Å². The maximum Gasteiger partial charge on any atom is 0.392 e. The number of nitrogens with one attached hydrogen (secondary N) is 2. The summed E-state index contributed by atoms with van der Waals surface area (Å²) in [6.07, 6.45) is -1.27. The van der Waals surface area contributed by atoms with Crippen LogP contribution in [0.5, 0.6) is 5.88 Å². The van der Waals surface area contributed by atoms with Gasteiger partial charge in [-0.05, 0) is 69.2 Å². The predicted octanol–water partition coefficient (Wildman–Crippen LogP) is 4.74. The van der Waals surface area contributed by atoms with E-state index in [1.54, 1.807) is 13.0 Å². The topological polar surface area (TPSA) is 127 Å². The highest BCUT2D eigenvalue weighted by molar-refractivity contribution is 7.94. The number of rotatable bonds is 11. The van der Waals surface area contributed by atoms with Crippen molar-refractivity contribution >= 4 is 39.1 Å². The van der Waals surface area contributed by atoms with Gasteiger partial charge in [0.2, 0.25) is 15.9 Å². The van der Waals surface area contributed by atoms with Crippen LogP contribution in [-0.2, 0) is 19.6 Å². The number of hydrogen-bond acceptors (Lipinski definition) is 8. The second kappa shape index (κ2) is 12.1. The molecule has 0 bridgehead atoms. The van der Waals surface area contributed by atoms with E-state index in [0.717, 1.165) is 12.8 Å². The fourth-order valence-corrected chi connectivity index (χ4v) is 5.56. The second-order valence-corrected chi connectivity index (χ2v) is 12.3. The lowest BCUT2D eigenvalue weighted by Gasteiger charge is -2.35. The van der Waals surface area contributed by atoms with Crippen molar-refractivity contribution in [2.24, 2.45) is 5.41 Å². The van der Waals surface area contributed by atoms with Crippen molar-refractivity contribution in [3.05, 3.63) is 42.0 Å². The molecule has 224 valence electrons. The van der Waals surface area contributed by atoms with Crippen LogP contribution in [-0.4, -0.2) is 63.0 Å².